The van der Waals surface area contributed by atoms with Crippen LogP contribution in [-0.4, -0.2) is 13.0 Å². The van der Waals surface area contributed by atoms with Gasteiger partial charge in [-0.25, -0.2) is 0 Å². The van der Waals surface area contributed by atoms with Gasteiger partial charge in [0.15, 0.2) is 0 Å². The van der Waals surface area contributed by atoms with Crippen molar-refractivity contribution in [2.75, 3.05) is 7.11 Å². The number of rotatable bonds is 5. The van der Waals surface area contributed by atoms with Crippen LogP contribution in [0.5, 0.6) is 5.75 Å². The molecule has 0 saturated carbocycles. The molecule has 0 aliphatic carbocycles. The molecule has 0 spiro atoms. The number of halogens is 1. The third-order valence-electron chi connectivity index (χ3n) is 3.80. The molecule has 0 aliphatic heterocycles. The van der Waals surface area contributed by atoms with Gasteiger partial charge in [-0.15, -0.1) is 0 Å². The summed E-state index contributed by atoms with van der Waals surface area (Å²) in [5, 5.41) is 2.89. The summed E-state index contributed by atoms with van der Waals surface area (Å²) in [7, 11) is 1.62. The van der Waals surface area contributed by atoms with Crippen LogP contribution in [0.2, 0.25) is 0 Å². The SMILES string of the molecule is COc1cc(C)ccc1CNC(=O)C(C)(N)c1ccc(Br)cc1. The van der Waals surface area contributed by atoms with E-state index in [-0.39, 0.29) is 5.91 Å². The van der Waals surface area contributed by atoms with E-state index in [1.807, 2.05) is 49.4 Å². The molecule has 2 aromatic carbocycles. The molecule has 1 unspecified atom stereocenters. The summed E-state index contributed by atoms with van der Waals surface area (Å²) in [5.74, 6) is 0.523. The molecule has 122 valence electrons. The van der Waals surface area contributed by atoms with Crippen LogP contribution in [-0.2, 0) is 16.9 Å². The van der Waals surface area contributed by atoms with Gasteiger partial charge in [-0.2, -0.15) is 0 Å². The molecule has 0 aromatic heterocycles. The van der Waals surface area contributed by atoms with Crippen LogP contribution < -0.4 is 15.8 Å². The molecule has 0 heterocycles. The predicted octanol–water partition coefficient (Wildman–Crippen LogP) is 3.26. The largest absolute Gasteiger partial charge is 0.496 e. The van der Waals surface area contributed by atoms with Crippen LogP contribution in [0.25, 0.3) is 0 Å². The maximum absolute atomic E-state index is 12.5. The second kappa shape index (κ2) is 7.15. The average Bonchev–Trinajstić information content (AvgIpc) is 2.53. The Labute approximate surface area is 145 Å². The molecule has 2 rings (SSSR count). The van der Waals surface area contributed by atoms with Gasteiger partial charge in [-0.1, -0.05) is 40.2 Å². The number of benzene rings is 2. The summed E-state index contributed by atoms with van der Waals surface area (Å²) >= 11 is 3.38. The zero-order valence-corrected chi connectivity index (χ0v) is 15.1. The quantitative estimate of drug-likeness (QED) is 0.841. The first-order valence-electron chi connectivity index (χ1n) is 7.31. The maximum atomic E-state index is 12.5. The lowest BCUT2D eigenvalue weighted by Gasteiger charge is -2.24. The van der Waals surface area contributed by atoms with Crippen molar-refractivity contribution >= 4 is 21.8 Å². The second-order valence-electron chi connectivity index (χ2n) is 5.71. The highest BCUT2D eigenvalue weighted by Gasteiger charge is 2.30. The number of ether oxygens (including phenoxy) is 1. The molecule has 4 nitrogen and oxygen atoms in total. The Morgan fingerprint density at radius 3 is 2.52 bits per heavy atom. The van der Waals surface area contributed by atoms with Crippen molar-refractivity contribution in [2.45, 2.75) is 25.9 Å². The lowest BCUT2D eigenvalue weighted by molar-refractivity contribution is -0.126. The van der Waals surface area contributed by atoms with E-state index in [9.17, 15) is 4.79 Å². The Morgan fingerprint density at radius 1 is 1.26 bits per heavy atom. The van der Waals surface area contributed by atoms with Crippen molar-refractivity contribution in [1.82, 2.24) is 5.32 Å². The number of amides is 1. The molecule has 0 bridgehead atoms. The fourth-order valence-corrected chi connectivity index (χ4v) is 2.55. The third kappa shape index (κ3) is 4.12. The Bertz CT molecular complexity index is 697. The number of carbonyl (C=O) groups is 1. The average molecular weight is 377 g/mol. The van der Waals surface area contributed by atoms with Gasteiger partial charge in [0.1, 0.15) is 11.3 Å². The van der Waals surface area contributed by atoms with Crippen LogP contribution in [0, 0.1) is 6.92 Å². The first-order chi connectivity index (χ1) is 10.8. The van der Waals surface area contributed by atoms with Gasteiger partial charge in [0.05, 0.1) is 7.11 Å². The Hall–Kier alpha value is -1.85. The number of hydrogen-bond donors (Lipinski definition) is 2. The predicted molar refractivity (Wildman–Crippen MR) is 95.3 cm³/mol. The van der Waals surface area contributed by atoms with E-state index in [1.165, 1.54) is 0 Å². The minimum absolute atomic E-state index is 0.234. The summed E-state index contributed by atoms with van der Waals surface area (Å²) in [4.78, 5) is 12.5. The van der Waals surface area contributed by atoms with Crippen molar-refractivity contribution in [3.05, 3.63) is 63.6 Å². The van der Waals surface area contributed by atoms with E-state index in [2.05, 4.69) is 21.2 Å². The van der Waals surface area contributed by atoms with Crippen molar-refractivity contribution in [2.24, 2.45) is 5.73 Å². The van der Waals surface area contributed by atoms with Gasteiger partial charge in [0, 0.05) is 16.6 Å². The van der Waals surface area contributed by atoms with E-state index in [0.29, 0.717) is 6.54 Å². The molecule has 23 heavy (non-hydrogen) atoms. The van der Waals surface area contributed by atoms with Crippen LogP contribution in [0.1, 0.15) is 23.6 Å². The van der Waals surface area contributed by atoms with Gasteiger partial charge in [-0.3, -0.25) is 4.79 Å². The second-order valence-corrected chi connectivity index (χ2v) is 6.62. The standard InChI is InChI=1S/C18H21BrN2O2/c1-12-4-5-13(16(10-12)23-3)11-21-17(22)18(2,20)14-6-8-15(19)9-7-14/h4-10H,11,20H2,1-3H3,(H,21,22). The maximum Gasteiger partial charge on any atom is 0.244 e. The number of hydrogen-bond acceptors (Lipinski definition) is 3. The summed E-state index contributed by atoms with van der Waals surface area (Å²) in [6, 6.07) is 13.3. The van der Waals surface area contributed by atoms with E-state index < -0.39 is 5.54 Å². The van der Waals surface area contributed by atoms with Crippen molar-refractivity contribution in [3.8, 4) is 5.75 Å². The van der Waals surface area contributed by atoms with Crippen LogP contribution in [0.15, 0.2) is 46.9 Å². The van der Waals surface area contributed by atoms with E-state index in [1.54, 1.807) is 14.0 Å². The van der Waals surface area contributed by atoms with Gasteiger partial charge in [0.2, 0.25) is 5.91 Å². The van der Waals surface area contributed by atoms with Crippen LogP contribution in [0.3, 0.4) is 0 Å². The molecule has 0 saturated heterocycles. The van der Waals surface area contributed by atoms with E-state index in [0.717, 1.165) is 26.9 Å². The summed E-state index contributed by atoms with van der Waals surface area (Å²) in [6.45, 7) is 4.07. The van der Waals surface area contributed by atoms with Crippen LogP contribution >= 0.6 is 15.9 Å². The first-order valence-corrected chi connectivity index (χ1v) is 8.10. The number of nitrogens with one attached hydrogen (secondary N) is 1. The van der Waals surface area contributed by atoms with Gasteiger partial charge >= 0.3 is 0 Å². The molecule has 5 heteroatoms. The summed E-state index contributed by atoms with van der Waals surface area (Å²) in [5.41, 5.74) is 7.91. The van der Waals surface area contributed by atoms with Crippen molar-refractivity contribution < 1.29 is 9.53 Å². The highest BCUT2D eigenvalue weighted by Crippen LogP contribution is 2.22. The molecule has 0 radical (unpaired) electrons. The molecule has 0 aliphatic rings. The van der Waals surface area contributed by atoms with Gasteiger partial charge in [-0.05, 0) is 43.2 Å². The summed E-state index contributed by atoms with van der Waals surface area (Å²) < 4.78 is 6.30. The minimum atomic E-state index is -1.10. The monoisotopic (exact) mass is 376 g/mol. The number of methoxy groups -OCH3 is 1. The van der Waals surface area contributed by atoms with Gasteiger partial charge in [0.25, 0.3) is 0 Å². The Morgan fingerprint density at radius 2 is 1.91 bits per heavy atom. The fraction of sp³-hybridized carbons (Fsp3) is 0.278. The zero-order valence-electron chi connectivity index (χ0n) is 13.5. The van der Waals surface area contributed by atoms with Crippen molar-refractivity contribution in [3.63, 3.8) is 0 Å². The first kappa shape index (κ1) is 17.5. The molecule has 1 amide bonds. The zero-order chi connectivity index (χ0) is 17.0. The van der Waals surface area contributed by atoms with Crippen LogP contribution in [0.4, 0.5) is 0 Å². The topological polar surface area (TPSA) is 64.3 Å². The molecule has 1 atom stereocenters. The molecular formula is C18H21BrN2O2. The molecular weight excluding hydrogens is 356 g/mol. The highest BCUT2D eigenvalue weighted by molar-refractivity contribution is 9.10. The van der Waals surface area contributed by atoms with E-state index >= 15 is 0 Å². The molecule has 0 fully saturated rings. The fourth-order valence-electron chi connectivity index (χ4n) is 2.28. The lowest BCUT2D eigenvalue weighted by Crippen LogP contribution is -2.48. The molecule has 3 N–H and O–H groups in total. The minimum Gasteiger partial charge on any atom is -0.496 e. The molecule has 2 aromatic rings. The normalized spacial score (nSPS) is 13.3. The van der Waals surface area contributed by atoms with Crippen molar-refractivity contribution in [1.29, 1.82) is 0 Å². The Balaban J connectivity index is 2.11. The lowest BCUT2D eigenvalue weighted by atomic mass is 9.92. The van der Waals surface area contributed by atoms with E-state index in [4.69, 9.17) is 10.5 Å². The number of carbonyl (C=O) groups excluding carboxylic acids is 1. The Kier molecular flexibility index (Phi) is 5.44. The smallest absolute Gasteiger partial charge is 0.244 e. The number of aryl methyl sites for hydroxylation is 1. The number of nitrogens with two attached hydrogens (primary N) is 1. The van der Waals surface area contributed by atoms with Gasteiger partial charge < -0.3 is 15.8 Å². The summed E-state index contributed by atoms with van der Waals surface area (Å²) in [6.07, 6.45) is 0. The third-order valence-corrected chi connectivity index (χ3v) is 4.33. The highest BCUT2D eigenvalue weighted by atomic mass is 79.9.